The largest absolute Gasteiger partial charge is 0.466 e. The highest BCUT2D eigenvalue weighted by atomic mass is 16.5. The normalized spacial score (nSPS) is 12.5. The van der Waals surface area contributed by atoms with Crippen LogP contribution in [0.5, 0.6) is 0 Å². The summed E-state index contributed by atoms with van der Waals surface area (Å²) in [5.74, 6) is -0.0136. The first kappa shape index (κ1) is 78.6. The van der Waals surface area contributed by atoms with Gasteiger partial charge in [-0.05, 0) is 51.4 Å². The quantitative estimate of drug-likeness (QED) is 0.0320. The van der Waals surface area contributed by atoms with Gasteiger partial charge in [-0.25, -0.2) is 0 Å². The van der Waals surface area contributed by atoms with Gasteiger partial charge in [0.05, 0.1) is 25.4 Å². The predicted octanol–water partition coefficient (Wildman–Crippen LogP) is 23.9. The van der Waals surface area contributed by atoms with E-state index in [0.717, 1.165) is 44.9 Å². The number of rotatable bonds is 70. The highest BCUT2D eigenvalue weighted by Crippen LogP contribution is 2.20. The SMILES string of the molecule is CCCCC/C=C\CCCCCCCC(=O)OCCCCCCCCCCCCCCCCCCCCCCCCCCCCCCCCCCC(=O)NC(CO)C(O)CCCCCCCCCCCCCCCCCCCCC. The van der Waals surface area contributed by atoms with Crippen LogP contribution >= 0.6 is 0 Å². The third-order valence-corrected chi connectivity index (χ3v) is 17.6. The highest BCUT2D eigenvalue weighted by molar-refractivity contribution is 5.76. The van der Waals surface area contributed by atoms with E-state index in [2.05, 4.69) is 31.3 Å². The average molecular weight is 1130 g/mol. The second-order valence-electron chi connectivity index (χ2n) is 25.6. The molecule has 0 heterocycles. The van der Waals surface area contributed by atoms with E-state index in [1.54, 1.807) is 0 Å². The molecule has 0 bridgehead atoms. The predicted molar refractivity (Wildman–Crippen MR) is 352 cm³/mol. The summed E-state index contributed by atoms with van der Waals surface area (Å²) >= 11 is 0. The fraction of sp³-hybridized carbons (Fsp3) is 0.946. The molecule has 0 radical (unpaired) electrons. The molecule has 2 atom stereocenters. The van der Waals surface area contributed by atoms with Crippen molar-refractivity contribution >= 4 is 11.9 Å². The van der Waals surface area contributed by atoms with Crippen molar-refractivity contribution < 1.29 is 24.5 Å². The number of unbranched alkanes of at least 4 members (excludes halogenated alkanes) is 57. The highest BCUT2D eigenvalue weighted by Gasteiger charge is 2.20. The fourth-order valence-corrected chi connectivity index (χ4v) is 11.9. The van der Waals surface area contributed by atoms with Crippen LogP contribution in [-0.2, 0) is 14.3 Å². The molecule has 0 aliphatic carbocycles. The van der Waals surface area contributed by atoms with Gasteiger partial charge >= 0.3 is 5.97 Å². The van der Waals surface area contributed by atoms with Crippen molar-refractivity contribution in [2.75, 3.05) is 13.2 Å². The van der Waals surface area contributed by atoms with Crippen molar-refractivity contribution in [2.24, 2.45) is 0 Å². The molecule has 0 aromatic rings. The summed E-state index contributed by atoms with van der Waals surface area (Å²) in [6.07, 6.45) is 87.1. The molecular weight excluding hydrogens is 983 g/mol. The molecule has 0 saturated carbocycles. The zero-order valence-electron chi connectivity index (χ0n) is 54.6. The van der Waals surface area contributed by atoms with Crippen LogP contribution in [0.3, 0.4) is 0 Å². The van der Waals surface area contributed by atoms with Gasteiger partial charge in [-0.2, -0.15) is 0 Å². The summed E-state index contributed by atoms with van der Waals surface area (Å²) in [7, 11) is 0. The Morgan fingerprint density at radius 3 is 0.912 bits per heavy atom. The number of esters is 1. The van der Waals surface area contributed by atoms with Crippen LogP contribution in [0, 0.1) is 0 Å². The Kier molecular flexibility index (Phi) is 68.9. The summed E-state index contributed by atoms with van der Waals surface area (Å²) in [4.78, 5) is 24.6. The number of aliphatic hydroxyl groups excluding tert-OH is 2. The van der Waals surface area contributed by atoms with Crippen LogP contribution in [0.4, 0.5) is 0 Å². The standard InChI is InChI=1S/C74H145NO5/c1-3-5-7-9-11-13-15-17-18-19-34-37-40-43-46-50-54-58-62-66-72(77)71(70-76)75-73(78)67-63-59-55-51-47-44-41-38-35-32-30-28-26-24-22-20-21-23-25-27-29-31-33-36-39-42-45-49-53-57-61-65-69-80-74(79)68-64-60-56-52-48-16-14-12-10-8-6-4-2/h12,14,71-72,76-77H,3-11,13,15-70H2,1-2H3,(H,75,78)/b14-12-. The summed E-state index contributed by atoms with van der Waals surface area (Å²) in [5.41, 5.74) is 0. The van der Waals surface area contributed by atoms with Crippen LogP contribution in [0.1, 0.15) is 425 Å². The van der Waals surface area contributed by atoms with Crippen LogP contribution in [0.2, 0.25) is 0 Å². The molecule has 0 aromatic heterocycles. The number of ether oxygens (including phenoxy) is 1. The third-order valence-electron chi connectivity index (χ3n) is 17.6. The smallest absolute Gasteiger partial charge is 0.305 e. The Morgan fingerprint density at radius 2 is 0.588 bits per heavy atom. The molecule has 80 heavy (non-hydrogen) atoms. The van der Waals surface area contributed by atoms with Crippen LogP contribution in [-0.4, -0.2) is 47.4 Å². The Balaban J connectivity index is 3.32. The molecule has 0 saturated heterocycles. The lowest BCUT2D eigenvalue weighted by molar-refractivity contribution is -0.143. The maximum Gasteiger partial charge on any atom is 0.305 e. The lowest BCUT2D eigenvalue weighted by atomic mass is 10.0. The molecule has 1 amide bonds. The maximum absolute atomic E-state index is 12.5. The molecule has 0 aliphatic heterocycles. The van der Waals surface area contributed by atoms with Gasteiger partial charge < -0.3 is 20.3 Å². The van der Waals surface area contributed by atoms with Crippen LogP contribution in [0.15, 0.2) is 12.2 Å². The minimum absolute atomic E-state index is 0.0120. The van der Waals surface area contributed by atoms with Gasteiger partial charge in [-0.1, -0.05) is 373 Å². The zero-order valence-corrected chi connectivity index (χ0v) is 54.6. The molecule has 0 aromatic carbocycles. The second kappa shape index (κ2) is 70.1. The lowest BCUT2D eigenvalue weighted by Crippen LogP contribution is -2.45. The van der Waals surface area contributed by atoms with E-state index < -0.39 is 12.1 Å². The number of allylic oxidation sites excluding steroid dienone is 2. The number of carbonyl (C=O) groups excluding carboxylic acids is 2. The molecule has 0 aliphatic rings. The van der Waals surface area contributed by atoms with Gasteiger partial charge in [0.1, 0.15) is 0 Å². The van der Waals surface area contributed by atoms with Crippen LogP contribution < -0.4 is 5.32 Å². The van der Waals surface area contributed by atoms with Gasteiger partial charge in [0.15, 0.2) is 0 Å². The summed E-state index contributed by atoms with van der Waals surface area (Å²) in [5, 5.41) is 23.4. The molecular formula is C74H145NO5. The number of hydrogen-bond acceptors (Lipinski definition) is 5. The number of carbonyl (C=O) groups is 2. The number of amides is 1. The van der Waals surface area contributed by atoms with Crippen molar-refractivity contribution in [2.45, 2.75) is 437 Å². The number of nitrogens with one attached hydrogen (secondary N) is 1. The Morgan fingerprint density at radius 1 is 0.338 bits per heavy atom. The van der Waals surface area contributed by atoms with Crippen molar-refractivity contribution in [3.63, 3.8) is 0 Å². The van der Waals surface area contributed by atoms with Crippen molar-refractivity contribution in [3.8, 4) is 0 Å². The molecule has 6 nitrogen and oxygen atoms in total. The van der Waals surface area contributed by atoms with E-state index in [1.807, 2.05) is 0 Å². The number of aliphatic hydroxyl groups is 2. The second-order valence-corrected chi connectivity index (χ2v) is 25.6. The van der Waals surface area contributed by atoms with E-state index in [-0.39, 0.29) is 18.5 Å². The summed E-state index contributed by atoms with van der Waals surface area (Å²) in [6.45, 7) is 4.97. The Labute approximate surface area is 501 Å². The van der Waals surface area contributed by atoms with Gasteiger partial charge in [-0.3, -0.25) is 9.59 Å². The van der Waals surface area contributed by atoms with Crippen molar-refractivity contribution in [1.82, 2.24) is 5.32 Å². The lowest BCUT2D eigenvalue weighted by Gasteiger charge is -2.22. The average Bonchev–Trinajstić information content (AvgIpc) is 3.46. The number of hydrogen-bond donors (Lipinski definition) is 3. The maximum atomic E-state index is 12.5. The van der Waals surface area contributed by atoms with Gasteiger partial charge in [0.2, 0.25) is 5.91 Å². The first-order valence-corrected chi connectivity index (χ1v) is 36.9. The first-order valence-electron chi connectivity index (χ1n) is 36.9. The Hall–Kier alpha value is -1.40. The van der Waals surface area contributed by atoms with Crippen molar-refractivity contribution in [3.05, 3.63) is 12.2 Å². The molecule has 0 fully saturated rings. The third kappa shape index (κ3) is 65.7. The molecule has 476 valence electrons. The molecule has 6 heteroatoms. The first-order chi connectivity index (χ1) is 39.5. The van der Waals surface area contributed by atoms with Gasteiger partial charge in [0.25, 0.3) is 0 Å². The van der Waals surface area contributed by atoms with Gasteiger partial charge in [0, 0.05) is 12.8 Å². The summed E-state index contributed by atoms with van der Waals surface area (Å²) < 4.78 is 5.48. The van der Waals surface area contributed by atoms with Crippen LogP contribution in [0.25, 0.3) is 0 Å². The molecule has 0 spiro atoms. The van der Waals surface area contributed by atoms with Gasteiger partial charge in [-0.15, -0.1) is 0 Å². The topological polar surface area (TPSA) is 95.9 Å². The molecule has 2 unspecified atom stereocenters. The fourth-order valence-electron chi connectivity index (χ4n) is 11.9. The van der Waals surface area contributed by atoms with E-state index in [0.29, 0.717) is 25.9 Å². The Bertz CT molecular complexity index is 1210. The van der Waals surface area contributed by atoms with E-state index in [1.165, 1.54) is 347 Å². The minimum atomic E-state index is -0.661. The van der Waals surface area contributed by atoms with E-state index >= 15 is 0 Å². The van der Waals surface area contributed by atoms with E-state index in [4.69, 9.17) is 4.74 Å². The monoisotopic (exact) mass is 1130 g/mol. The van der Waals surface area contributed by atoms with Crippen molar-refractivity contribution in [1.29, 1.82) is 0 Å². The molecule has 0 rings (SSSR count). The zero-order chi connectivity index (χ0) is 57.8. The minimum Gasteiger partial charge on any atom is -0.466 e. The van der Waals surface area contributed by atoms with E-state index in [9.17, 15) is 19.8 Å². The molecule has 3 N–H and O–H groups in total. The summed E-state index contributed by atoms with van der Waals surface area (Å²) in [6, 6.07) is -0.538.